The van der Waals surface area contributed by atoms with Crippen LogP contribution < -0.4 is 10.3 Å². The number of nitrogens with two attached hydrogens (primary N) is 1. The molecule has 0 saturated heterocycles. The Morgan fingerprint density at radius 3 is 2.62 bits per heavy atom. The van der Waals surface area contributed by atoms with Crippen molar-refractivity contribution in [2.24, 2.45) is 7.05 Å². The lowest BCUT2D eigenvalue weighted by Gasteiger charge is -1.91. The second-order valence-electron chi connectivity index (χ2n) is 1.83. The van der Waals surface area contributed by atoms with E-state index in [1.807, 2.05) is 11.6 Å². The van der Waals surface area contributed by atoms with Gasteiger partial charge in [0.05, 0.1) is 6.33 Å². The van der Waals surface area contributed by atoms with Gasteiger partial charge in [-0.25, -0.2) is 4.98 Å². The van der Waals surface area contributed by atoms with E-state index in [1.54, 1.807) is 6.33 Å². The molecule has 0 unspecified atom stereocenters. The highest BCUT2D eigenvalue weighted by Gasteiger charge is 1.94. The van der Waals surface area contributed by atoms with E-state index in [0.717, 1.165) is 20.8 Å². The quantitative estimate of drug-likeness (QED) is 0.418. The van der Waals surface area contributed by atoms with E-state index in [9.17, 15) is 0 Å². The highest BCUT2D eigenvalue weighted by Crippen LogP contribution is 1.85. The molecule has 0 saturated carbocycles. The molecular formula is C4H8AlN3. The van der Waals surface area contributed by atoms with Crippen molar-refractivity contribution in [3.8, 4) is 0 Å². The van der Waals surface area contributed by atoms with Crippen LogP contribution in [0.1, 0.15) is 0 Å². The van der Waals surface area contributed by atoms with Crippen molar-refractivity contribution in [2.75, 3.05) is 5.73 Å². The number of hydrogen-bond acceptors (Lipinski definition) is 2. The molecule has 1 heterocycles. The highest BCUT2D eigenvalue weighted by atomic mass is 27.0. The van der Waals surface area contributed by atoms with E-state index in [-0.39, 0.29) is 0 Å². The normalized spacial score (nSPS) is 9.62. The fourth-order valence-corrected chi connectivity index (χ4v) is 0.754. The van der Waals surface area contributed by atoms with Crippen LogP contribution in [0.5, 0.6) is 0 Å². The van der Waals surface area contributed by atoms with Crippen molar-refractivity contribution < 1.29 is 0 Å². The molecule has 4 heteroatoms. The van der Waals surface area contributed by atoms with Gasteiger partial charge in [-0.3, -0.25) is 0 Å². The summed E-state index contributed by atoms with van der Waals surface area (Å²) >= 11 is 0.976. The second kappa shape index (κ2) is 1.81. The van der Waals surface area contributed by atoms with Gasteiger partial charge in [-0.05, 0) is 4.56 Å². The first-order chi connectivity index (χ1) is 3.72. The molecule has 0 atom stereocenters. The lowest BCUT2D eigenvalue weighted by Crippen LogP contribution is -2.15. The molecule has 42 valence electrons. The van der Waals surface area contributed by atoms with E-state index in [4.69, 9.17) is 5.73 Å². The number of nitrogen functional groups attached to an aromatic ring is 1. The zero-order chi connectivity index (χ0) is 6.15. The molecule has 0 aliphatic heterocycles. The fourth-order valence-electron chi connectivity index (χ4n) is 0.510. The number of aromatic nitrogens is 2. The minimum Gasteiger partial charge on any atom is -0.384 e. The summed E-state index contributed by atoms with van der Waals surface area (Å²) in [6.07, 6.45) is 1.73. The maximum atomic E-state index is 5.44. The molecule has 1 aromatic heterocycles. The van der Waals surface area contributed by atoms with E-state index in [1.165, 1.54) is 0 Å². The average Bonchev–Trinajstić information content (AvgIpc) is 1.98. The first-order valence-corrected chi connectivity index (χ1v) is 3.45. The molecule has 0 aromatic carbocycles. The smallest absolute Gasteiger partial charge is 0.292 e. The third-order valence-electron chi connectivity index (χ3n) is 1.27. The molecule has 1 rings (SSSR count). The van der Waals surface area contributed by atoms with Crippen LogP contribution in [0.15, 0.2) is 6.33 Å². The van der Waals surface area contributed by atoms with Crippen molar-refractivity contribution in [1.82, 2.24) is 9.55 Å². The zero-order valence-corrected chi connectivity index (χ0v) is 7.05. The number of imidazole rings is 1. The number of aryl methyl sites for hydroxylation is 1. The van der Waals surface area contributed by atoms with Crippen molar-refractivity contribution in [2.45, 2.75) is 0 Å². The summed E-state index contributed by atoms with van der Waals surface area (Å²) in [5.74, 6) is 0.680. The topological polar surface area (TPSA) is 43.8 Å². The number of rotatable bonds is 0. The van der Waals surface area contributed by atoms with Crippen LogP contribution in [0.4, 0.5) is 5.82 Å². The van der Waals surface area contributed by atoms with Gasteiger partial charge < -0.3 is 10.3 Å². The van der Waals surface area contributed by atoms with Crippen LogP contribution in [-0.4, -0.2) is 25.8 Å². The molecule has 0 amide bonds. The Morgan fingerprint density at radius 1 is 1.88 bits per heavy atom. The molecule has 0 radical (unpaired) electrons. The van der Waals surface area contributed by atoms with Gasteiger partial charge in [0.15, 0.2) is 0 Å². The predicted molar refractivity (Wildman–Crippen MR) is 35.8 cm³/mol. The Labute approximate surface area is 55.9 Å². The summed E-state index contributed by atoms with van der Waals surface area (Å²) < 4.78 is 3.10. The monoisotopic (exact) mass is 125 g/mol. The number of nitrogens with zero attached hydrogens (tertiary/aromatic N) is 2. The van der Waals surface area contributed by atoms with Gasteiger partial charge in [0.1, 0.15) is 5.82 Å². The summed E-state index contributed by atoms with van der Waals surface area (Å²) in [6, 6.07) is 0. The molecule has 3 nitrogen and oxygen atoms in total. The largest absolute Gasteiger partial charge is 0.384 e. The third-order valence-corrected chi connectivity index (χ3v) is 2.49. The van der Waals surface area contributed by atoms with Gasteiger partial charge in [-0.15, -0.1) is 0 Å². The molecule has 1 aromatic rings. The summed E-state index contributed by atoms with van der Waals surface area (Å²) in [4.78, 5) is 3.89. The Kier molecular flexibility index (Phi) is 1.28. The van der Waals surface area contributed by atoms with Crippen LogP contribution in [0.3, 0.4) is 0 Å². The first-order valence-electron chi connectivity index (χ1n) is 2.45. The molecule has 0 fully saturated rings. The predicted octanol–water partition coefficient (Wildman–Crippen LogP) is -1.74. The SMILES string of the molecule is Cn1cnc(N)[c]1[AlH2]. The van der Waals surface area contributed by atoms with Gasteiger partial charge in [0.25, 0.3) is 16.3 Å². The van der Waals surface area contributed by atoms with Crippen LogP contribution in [0, 0.1) is 0 Å². The summed E-state index contributed by atoms with van der Waals surface area (Å²) in [7, 11) is 1.95. The molecule has 0 aliphatic carbocycles. The number of hydrogen-bond donors (Lipinski definition) is 1. The Hall–Kier alpha value is -0.458. The molecular weight excluding hydrogens is 117 g/mol. The molecule has 8 heavy (non-hydrogen) atoms. The summed E-state index contributed by atoms with van der Waals surface area (Å²) in [6.45, 7) is 0. The van der Waals surface area contributed by atoms with Gasteiger partial charge in [-0.2, -0.15) is 0 Å². The maximum Gasteiger partial charge on any atom is 0.292 e. The minimum atomic E-state index is 0.680. The highest BCUT2D eigenvalue weighted by molar-refractivity contribution is 6.33. The van der Waals surface area contributed by atoms with Crippen LogP contribution in [0.25, 0.3) is 0 Å². The molecule has 0 aliphatic rings. The van der Waals surface area contributed by atoms with Crippen molar-refractivity contribution in [1.29, 1.82) is 0 Å². The summed E-state index contributed by atoms with van der Waals surface area (Å²) in [5.41, 5.74) is 5.44. The van der Waals surface area contributed by atoms with Gasteiger partial charge in [0.2, 0.25) is 0 Å². The molecule has 0 spiro atoms. The van der Waals surface area contributed by atoms with Crippen molar-refractivity contribution >= 4 is 26.7 Å². The van der Waals surface area contributed by atoms with E-state index in [2.05, 4.69) is 4.98 Å². The lowest BCUT2D eigenvalue weighted by atomic mass is 10.8. The summed E-state index contributed by atoms with van der Waals surface area (Å²) in [5, 5.41) is 0. The Bertz CT molecular complexity index is 174. The van der Waals surface area contributed by atoms with E-state index in [0.29, 0.717) is 5.82 Å². The van der Waals surface area contributed by atoms with Gasteiger partial charge in [0, 0.05) is 7.05 Å². The lowest BCUT2D eigenvalue weighted by molar-refractivity contribution is 0.940. The van der Waals surface area contributed by atoms with E-state index >= 15 is 0 Å². The van der Waals surface area contributed by atoms with Gasteiger partial charge >= 0.3 is 0 Å². The fraction of sp³-hybridized carbons (Fsp3) is 0.250. The standard InChI is InChI=1S/C4H6N3.Al.2H/c1-7-2-4(5)6-3-7;;;/h3H,5H2,1H3;;;. The van der Waals surface area contributed by atoms with Crippen LogP contribution in [0.2, 0.25) is 0 Å². The van der Waals surface area contributed by atoms with Crippen LogP contribution in [-0.2, 0) is 7.05 Å². The van der Waals surface area contributed by atoms with Crippen molar-refractivity contribution in [3.05, 3.63) is 6.33 Å². The Morgan fingerprint density at radius 2 is 2.50 bits per heavy atom. The minimum absolute atomic E-state index is 0.680. The zero-order valence-electron chi connectivity index (χ0n) is 5.05. The average molecular weight is 125 g/mol. The van der Waals surface area contributed by atoms with Crippen LogP contribution >= 0.6 is 0 Å². The van der Waals surface area contributed by atoms with E-state index < -0.39 is 0 Å². The number of anilines is 1. The molecule has 2 N–H and O–H groups in total. The Balaban J connectivity index is 3.19. The van der Waals surface area contributed by atoms with Gasteiger partial charge in [-0.1, -0.05) is 0 Å². The van der Waals surface area contributed by atoms with Crippen molar-refractivity contribution in [3.63, 3.8) is 0 Å². The first kappa shape index (κ1) is 5.68. The molecule has 0 bridgehead atoms. The maximum absolute atomic E-state index is 5.44. The second-order valence-corrected chi connectivity index (χ2v) is 2.77. The third kappa shape index (κ3) is 0.727.